The Morgan fingerprint density at radius 1 is 0.963 bits per heavy atom. The van der Waals surface area contributed by atoms with Crippen LogP contribution in [0, 0.1) is 0 Å². The molecule has 2 aromatic rings. The van der Waals surface area contributed by atoms with Crippen LogP contribution < -0.4 is 15.5 Å². The van der Waals surface area contributed by atoms with Crippen molar-refractivity contribution < 1.29 is 4.79 Å². The first-order chi connectivity index (χ1) is 13.2. The molecular formula is C22H30N4O. The fourth-order valence-electron chi connectivity index (χ4n) is 3.71. The van der Waals surface area contributed by atoms with Crippen molar-refractivity contribution in [2.75, 3.05) is 55.6 Å². The Kier molecular flexibility index (Phi) is 6.71. The molecule has 0 unspecified atom stereocenters. The largest absolute Gasteiger partial charge is 0.370 e. The number of rotatable bonds is 8. The van der Waals surface area contributed by atoms with Gasteiger partial charge in [-0.3, -0.25) is 9.69 Å². The van der Waals surface area contributed by atoms with Gasteiger partial charge in [-0.05, 0) is 30.7 Å². The van der Waals surface area contributed by atoms with Crippen LogP contribution in [0.4, 0.5) is 11.4 Å². The van der Waals surface area contributed by atoms with Gasteiger partial charge in [0.15, 0.2) is 0 Å². The summed E-state index contributed by atoms with van der Waals surface area (Å²) in [6, 6.07) is 18.3. The molecular weight excluding hydrogens is 336 g/mol. The van der Waals surface area contributed by atoms with Gasteiger partial charge in [-0.2, -0.15) is 0 Å². The monoisotopic (exact) mass is 366 g/mol. The summed E-state index contributed by atoms with van der Waals surface area (Å²) in [6.07, 6.45) is 1.04. The minimum Gasteiger partial charge on any atom is -0.370 e. The van der Waals surface area contributed by atoms with Gasteiger partial charge in [-0.1, -0.05) is 37.3 Å². The summed E-state index contributed by atoms with van der Waals surface area (Å²) in [6.45, 7) is 9.22. The zero-order valence-electron chi connectivity index (χ0n) is 16.2. The van der Waals surface area contributed by atoms with Crippen LogP contribution in [0.1, 0.15) is 23.7 Å². The zero-order chi connectivity index (χ0) is 19.1. The van der Waals surface area contributed by atoms with Crippen molar-refractivity contribution in [1.29, 1.82) is 0 Å². The second-order valence-corrected chi connectivity index (χ2v) is 7.03. The third-order valence-electron chi connectivity index (χ3n) is 5.18. The lowest BCUT2D eigenvalue weighted by molar-refractivity contribution is 0.100. The smallest absolute Gasteiger partial charge is 0.250 e. The van der Waals surface area contributed by atoms with Crippen molar-refractivity contribution in [2.45, 2.75) is 13.3 Å². The standard InChI is InChI=1S/C22H30N4O/c1-2-12-26(21-11-7-6-10-20(21)22(23)27)18-15-24-13-16-25(17-14-24)19-8-4-3-5-9-19/h3-11H,2,12-18H2,1H3,(H2,23,27). The molecule has 2 aromatic carbocycles. The van der Waals surface area contributed by atoms with Crippen LogP contribution in [0.2, 0.25) is 0 Å². The maximum atomic E-state index is 11.8. The molecule has 0 atom stereocenters. The lowest BCUT2D eigenvalue weighted by Crippen LogP contribution is -2.48. The van der Waals surface area contributed by atoms with Crippen molar-refractivity contribution in [3.05, 3.63) is 60.2 Å². The molecule has 0 radical (unpaired) electrons. The number of piperazine rings is 1. The van der Waals surface area contributed by atoms with Crippen LogP contribution in [-0.2, 0) is 0 Å². The molecule has 1 saturated heterocycles. The molecule has 0 aliphatic carbocycles. The number of primary amides is 1. The number of amides is 1. The summed E-state index contributed by atoms with van der Waals surface area (Å²) < 4.78 is 0. The van der Waals surface area contributed by atoms with Gasteiger partial charge in [0.1, 0.15) is 0 Å². The van der Waals surface area contributed by atoms with E-state index in [0.29, 0.717) is 5.56 Å². The average Bonchev–Trinajstić information content (AvgIpc) is 2.72. The van der Waals surface area contributed by atoms with Gasteiger partial charge in [-0.15, -0.1) is 0 Å². The molecule has 1 aliphatic rings. The number of anilines is 2. The molecule has 3 rings (SSSR count). The molecule has 144 valence electrons. The number of nitrogens with two attached hydrogens (primary N) is 1. The van der Waals surface area contributed by atoms with Crippen LogP contribution in [0.15, 0.2) is 54.6 Å². The van der Waals surface area contributed by atoms with Crippen LogP contribution >= 0.6 is 0 Å². The Labute approximate surface area is 162 Å². The SMILES string of the molecule is CCCN(CCN1CCN(c2ccccc2)CC1)c1ccccc1C(N)=O. The molecule has 1 aliphatic heterocycles. The van der Waals surface area contributed by atoms with Gasteiger partial charge in [-0.25, -0.2) is 0 Å². The molecule has 2 N–H and O–H groups in total. The Hall–Kier alpha value is -2.53. The molecule has 1 fully saturated rings. The normalized spacial score (nSPS) is 14.9. The Balaban J connectivity index is 1.57. The first-order valence-electron chi connectivity index (χ1n) is 9.85. The van der Waals surface area contributed by atoms with Gasteiger partial charge < -0.3 is 15.5 Å². The van der Waals surface area contributed by atoms with Crippen molar-refractivity contribution in [3.63, 3.8) is 0 Å². The van der Waals surface area contributed by atoms with Crippen molar-refractivity contribution in [3.8, 4) is 0 Å². The van der Waals surface area contributed by atoms with Gasteiger partial charge in [0, 0.05) is 57.2 Å². The van der Waals surface area contributed by atoms with Crippen LogP contribution in [0.25, 0.3) is 0 Å². The summed E-state index contributed by atoms with van der Waals surface area (Å²) in [5.74, 6) is -0.358. The summed E-state index contributed by atoms with van der Waals surface area (Å²) in [5, 5.41) is 0. The highest BCUT2D eigenvalue weighted by molar-refractivity contribution is 5.98. The van der Waals surface area contributed by atoms with E-state index in [-0.39, 0.29) is 5.91 Å². The maximum Gasteiger partial charge on any atom is 0.250 e. The van der Waals surface area contributed by atoms with Gasteiger partial charge in [0.2, 0.25) is 0 Å². The Bertz CT molecular complexity index is 726. The molecule has 0 aromatic heterocycles. The molecule has 0 spiro atoms. The molecule has 0 saturated carbocycles. The van der Waals surface area contributed by atoms with E-state index in [9.17, 15) is 4.79 Å². The highest BCUT2D eigenvalue weighted by Gasteiger charge is 2.19. The van der Waals surface area contributed by atoms with Crippen molar-refractivity contribution >= 4 is 17.3 Å². The third kappa shape index (κ3) is 5.01. The van der Waals surface area contributed by atoms with E-state index in [4.69, 9.17) is 5.73 Å². The number of carbonyl (C=O) groups is 1. The number of hydrogen-bond acceptors (Lipinski definition) is 4. The quantitative estimate of drug-likeness (QED) is 0.781. The fourth-order valence-corrected chi connectivity index (χ4v) is 3.71. The molecule has 5 nitrogen and oxygen atoms in total. The topological polar surface area (TPSA) is 52.8 Å². The molecule has 27 heavy (non-hydrogen) atoms. The number of para-hydroxylation sites is 2. The zero-order valence-corrected chi connectivity index (χ0v) is 16.2. The first kappa shape index (κ1) is 19.2. The predicted molar refractivity (Wildman–Crippen MR) is 113 cm³/mol. The number of benzene rings is 2. The Morgan fingerprint density at radius 2 is 1.63 bits per heavy atom. The molecule has 0 bridgehead atoms. The van der Waals surface area contributed by atoms with E-state index in [1.165, 1.54) is 5.69 Å². The molecule has 5 heteroatoms. The number of nitrogens with zero attached hydrogens (tertiary/aromatic N) is 3. The van der Waals surface area contributed by atoms with E-state index in [0.717, 1.165) is 57.9 Å². The van der Waals surface area contributed by atoms with Crippen LogP contribution in [0.3, 0.4) is 0 Å². The van der Waals surface area contributed by atoms with Crippen LogP contribution in [-0.4, -0.2) is 56.6 Å². The van der Waals surface area contributed by atoms with Gasteiger partial charge in [0.05, 0.1) is 5.56 Å². The molecule has 1 heterocycles. The lowest BCUT2D eigenvalue weighted by atomic mass is 10.1. The minimum absolute atomic E-state index is 0.358. The summed E-state index contributed by atoms with van der Waals surface area (Å²) in [4.78, 5) is 19.0. The summed E-state index contributed by atoms with van der Waals surface area (Å²) in [7, 11) is 0. The van der Waals surface area contributed by atoms with Crippen molar-refractivity contribution in [1.82, 2.24) is 4.90 Å². The first-order valence-corrected chi connectivity index (χ1v) is 9.85. The van der Waals surface area contributed by atoms with E-state index < -0.39 is 0 Å². The van der Waals surface area contributed by atoms with E-state index in [2.05, 4.69) is 52.0 Å². The fraction of sp³-hybridized carbons (Fsp3) is 0.409. The van der Waals surface area contributed by atoms with E-state index >= 15 is 0 Å². The number of hydrogen-bond donors (Lipinski definition) is 1. The van der Waals surface area contributed by atoms with Crippen LogP contribution in [0.5, 0.6) is 0 Å². The predicted octanol–water partition coefficient (Wildman–Crippen LogP) is 2.82. The van der Waals surface area contributed by atoms with Gasteiger partial charge >= 0.3 is 0 Å². The summed E-state index contributed by atoms with van der Waals surface area (Å²) in [5.41, 5.74) is 8.45. The van der Waals surface area contributed by atoms with Crippen molar-refractivity contribution in [2.24, 2.45) is 5.73 Å². The second-order valence-electron chi connectivity index (χ2n) is 7.03. The van der Waals surface area contributed by atoms with E-state index in [1.54, 1.807) is 0 Å². The third-order valence-corrected chi connectivity index (χ3v) is 5.18. The minimum atomic E-state index is -0.358. The lowest BCUT2D eigenvalue weighted by Gasteiger charge is -2.37. The number of carbonyl (C=O) groups excluding carboxylic acids is 1. The van der Waals surface area contributed by atoms with E-state index in [1.807, 2.05) is 24.3 Å². The van der Waals surface area contributed by atoms with Gasteiger partial charge in [0.25, 0.3) is 5.91 Å². The summed E-state index contributed by atoms with van der Waals surface area (Å²) >= 11 is 0. The average molecular weight is 367 g/mol. The molecule has 1 amide bonds. The Morgan fingerprint density at radius 3 is 2.30 bits per heavy atom. The highest BCUT2D eigenvalue weighted by Crippen LogP contribution is 2.21. The second kappa shape index (κ2) is 9.42. The maximum absolute atomic E-state index is 11.8. The highest BCUT2D eigenvalue weighted by atomic mass is 16.1.